The maximum absolute atomic E-state index is 12.7. The third-order valence-corrected chi connectivity index (χ3v) is 4.16. The molecular weight excluding hydrogens is 363 g/mol. The Bertz CT molecular complexity index is 1050. The van der Waals surface area contributed by atoms with Crippen molar-refractivity contribution in [1.82, 2.24) is 19.3 Å². The normalized spacial score (nSPS) is 11.6. The maximum Gasteiger partial charge on any atom is 0.351 e. The predicted molar refractivity (Wildman–Crippen MR) is 102 cm³/mol. The highest BCUT2D eigenvalue weighted by Gasteiger charge is 2.10. The van der Waals surface area contributed by atoms with Crippen molar-refractivity contribution in [2.45, 2.75) is 13.0 Å². The fourth-order valence-electron chi connectivity index (χ4n) is 2.65. The lowest BCUT2D eigenvalue weighted by atomic mass is 10.0. The number of hydrogen-bond acceptors (Lipinski definition) is 5. The average Bonchev–Trinajstić information content (AvgIpc) is 3.06. The van der Waals surface area contributed by atoms with Gasteiger partial charge in [0.1, 0.15) is 12.1 Å². The number of aromatic nitrogens is 4. The third kappa shape index (κ3) is 4.21. The Morgan fingerprint density at radius 2 is 1.86 bits per heavy atom. The summed E-state index contributed by atoms with van der Waals surface area (Å²) in [4.78, 5) is 27.7. The summed E-state index contributed by atoms with van der Waals surface area (Å²) in [5.74, 6) is 0.00854. The number of benzene rings is 1. The van der Waals surface area contributed by atoms with Crippen LogP contribution in [0.1, 0.15) is 5.56 Å². The van der Waals surface area contributed by atoms with E-state index < -0.39 is 5.69 Å². The van der Waals surface area contributed by atoms with Gasteiger partial charge >= 0.3 is 5.69 Å². The van der Waals surface area contributed by atoms with Crippen LogP contribution in [-0.4, -0.2) is 31.8 Å². The number of nitrogens with zero attached hydrogens (tertiary/aromatic N) is 4. The molecule has 1 aromatic carbocycles. The fourth-order valence-corrected chi connectivity index (χ4v) is 2.65. The van der Waals surface area contributed by atoms with Gasteiger partial charge in [0, 0.05) is 18.3 Å². The van der Waals surface area contributed by atoms with Gasteiger partial charge in [-0.1, -0.05) is 24.3 Å². The molecule has 2 heterocycles. The van der Waals surface area contributed by atoms with Crippen LogP contribution in [0.2, 0.25) is 0 Å². The Balaban J connectivity index is 1.80. The monoisotopic (exact) mass is 382 g/mol. The van der Waals surface area contributed by atoms with Crippen LogP contribution < -0.4 is 17.2 Å². The van der Waals surface area contributed by atoms with Gasteiger partial charge in [0.25, 0.3) is 0 Å². The largest absolute Gasteiger partial charge is 0.369 e. The zero-order valence-electron chi connectivity index (χ0n) is 15.0. The van der Waals surface area contributed by atoms with Crippen LogP contribution in [0.15, 0.2) is 65.6 Å². The number of hydrogen-bond donors (Lipinski definition) is 2. The minimum absolute atomic E-state index is 0.000970. The number of halogens is 1. The first-order chi connectivity index (χ1) is 13.5. The fraction of sp³-hybridized carbons (Fsp3) is 0.158. The van der Waals surface area contributed by atoms with E-state index in [0.29, 0.717) is 12.1 Å². The first-order valence-corrected chi connectivity index (χ1v) is 8.48. The predicted octanol–water partition coefficient (Wildman–Crippen LogP) is 0.936. The molecule has 2 aromatic heterocycles. The van der Waals surface area contributed by atoms with E-state index >= 15 is 0 Å². The number of nitrogens with two attached hydrogens (primary N) is 2. The van der Waals surface area contributed by atoms with Crippen LogP contribution in [-0.2, 0) is 17.8 Å². The molecule has 0 spiro atoms. The van der Waals surface area contributed by atoms with Crippen LogP contribution in [0.5, 0.6) is 0 Å². The van der Waals surface area contributed by atoms with E-state index in [9.17, 15) is 14.0 Å². The first kappa shape index (κ1) is 19.2. The molecule has 9 heteroatoms. The molecule has 8 nitrogen and oxygen atoms in total. The van der Waals surface area contributed by atoms with E-state index in [4.69, 9.17) is 11.5 Å². The summed E-state index contributed by atoms with van der Waals surface area (Å²) in [6.45, 7) is -0.0183. The van der Waals surface area contributed by atoms with Gasteiger partial charge < -0.3 is 11.5 Å². The summed E-state index contributed by atoms with van der Waals surface area (Å²) in [6, 6.07) is 10.9. The minimum Gasteiger partial charge on any atom is -0.369 e. The van der Waals surface area contributed by atoms with Gasteiger partial charge in [0.15, 0.2) is 0 Å². The molecule has 1 amide bonds. The van der Waals surface area contributed by atoms with Crippen molar-refractivity contribution in [3.63, 3.8) is 0 Å². The van der Waals surface area contributed by atoms with Crippen LogP contribution in [0.4, 0.5) is 4.39 Å². The number of carbonyl (C=O) groups excluding carboxylic acids is 1. The van der Waals surface area contributed by atoms with Crippen LogP contribution in [0.25, 0.3) is 16.9 Å². The second-order valence-corrected chi connectivity index (χ2v) is 6.16. The van der Waals surface area contributed by atoms with E-state index in [0.717, 1.165) is 21.4 Å². The molecule has 3 aromatic rings. The lowest BCUT2D eigenvalue weighted by Gasteiger charge is -2.05. The Kier molecular flexibility index (Phi) is 5.75. The zero-order chi connectivity index (χ0) is 20.1. The van der Waals surface area contributed by atoms with Crippen LogP contribution >= 0.6 is 0 Å². The third-order valence-electron chi connectivity index (χ3n) is 4.16. The van der Waals surface area contributed by atoms with E-state index in [1.807, 2.05) is 30.3 Å². The van der Waals surface area contributed by atoms with E-state index in [-0.39, 0.29) is 31.0 Å². The van der Waals surface area contributed by atoms with Crippen molar-refractivity contribution in [2.24, 2.45) is 11.5 Å². The van der Waals surface area contributed by atoms with Crippen molar-refractivity contribution >= 4 is 5.91 Å². The highest BCUT2D eigenvalue weighted by atomic mass is 19.1. The Labute approximate surface area is 159 Å². The van der Waals surface area contributed by atoms with E-state index in [1.165, 1.54) is 10.9 Å². The Morgan fingerprint density at radius 1 is 1.14 bits per heavy atom. The van der Waals surface area contributed by atoms with Gasteiger partial charge in [-0.15, -0.1) is 0 Å². The standard InChI is InChI=1S/C19H19FN6O2/c20-8-14(9-21)11-26-19(28)25(12-24-26)18-6-5-16(10-23-18)15-3-1-13(2-4-15)7-17(22)27/h1-6,8,10,12H,7,9,11,21H2,(H2,22,27)/b14-8-. The molecule has 0 unspecified atom stereocenters. The zero-order valence-corrected chi connectivity index (χ0v) is 15.0. The Hall–Kier alpha value is -3.59. The van der Waals surface area contributed by atoms with Crippen molar-refractivity contribution in [2.75, 3.05) is 6.54 Å². The number of rotatable bonds is 7. The molecular formula is C19H19FN6O2. The number of primary amides is 1. The molecule has 0 aliphatic rings. The van der Waals surface area contributed by atoms with Gasteiger partial charge in [0.05, 0.1) is 19.3 Å². The van der Waals surface area contributed by atoms with Gasteiger partial charge in [-0.2, -0.15) is 5.10 Å². The molecule has 0 atom stereocenters. The summed E-state index contributed by atoms with van der Waals surface area (Å²) >= 11 is 0. The highest BCUT2D eigenvalue weighted by molar-refractivity contribution is 5.77. The molecule has 4 N–H and O–H groups in total. The second-order valence-electron chi connectivity index (χ2n) is 6.16. The smallest absolute Gasteiger partial charge is 0.351 e. The van der Waals surface area contributed by atoms with Gasteiger partial charge in [0.2, 0.25) is 5.91 Å². The molecule has 28 heavy (non-hydrogen) atoms. The van der Waals surface area contributed by atoms with Gasteiger partial charge in [-0.25, -0.2) is 23.4 Å². The summed E-state index contributed by atoms with van der Waals surface area (Å²) in [5.41, 5.74) is 13.0. The lowest BCUT2D eigenvalue weighted by Crippen LogP contribution is -2.26. The minimum atomic E-state index is -0.441. The average molecular weight is 382 g/mol. The van der Waals surface area contributed by atoms with Crippen LogP contribution in [0, 0.1) is 0 Å². The molecule has 0 radical (unpaired) electrons. The SMILES string of the molecule is NC/C(=C/F)Cn1ncn(-c2ccc(-c3ccc(CC(N)=O)cc3)cn2)c1=O. The number of amides is 1. The molecule has 0 saturated heterocycles. The van der Waals surface area contributed by atoms with E-state index in [2.05, 4.69) is 10.1 Å². The summed E-state index contributed by atoms with van der Waals surface area (Å²) < 4.78 is 15.1. The van der Waals surface area contributed by atoms with Crippen molar-refractivity contribution in [3.05, 3.63) is 76.9 Å². The quantitative estimate of drug-likeness (QED) is 0.630. The number of carbonyl (C=O) groups is 1. The topological polar surface area (TPSA) is 122 Å². The number of pyridine rings is 1. The van der Waals surface area contributed by atoms with Crippen molar-refractivity contribution in [1.29, 1.82) is 0 Å². The molecule has 0 aliphatic carbocycles. The first-order valence-electron chi connectivity index (χ1n) is 8.48. The summed E-state index contributed by atoms with van der Waals surface area (Å²) in [6.07, 6.45) is 3.53. The molecule has 0 bridgehead atoms. The molecule has 0 fully saturated rings. The molecule has 3 rings (SSSR count). The second kappa shape index (κ2) is 8.40. The summed E-state index contributed by atoms with van der Waals surface area (Å²) in [7, 11) is 0. The lowest BCUT2D eigenvalue weighted by molar-refractivity contribution is -0.117. The highest BCUT2D eigenvalue weighted by Crippen LogP contribution is 2.20. The molecule has 0 saturated carbocycles. The molecule has 144 valence electrons. The maximum atomic E-state index is 12.7. The van der Waals surface area contributed by atoms with E-state index in [1.54, 1.807) is 12.3 Å². The van der Waals surface area contributed by atoms with Crippen LogP contribution in [0.3, 0.4) is 0 Å². The summed E-state index contributed by atoms with van der Waals surface area (Å²) in [5, 5.41) is 3.97. The van der Waals surface area contributed by atoms with Crippen molar-refractivity contribution < 1.29 is 9.18 Å². The van der Waals surface area contributed by atoms with Crippen molar-refractivity contribution in [3.8, 4) is 16.9 Å². The van der Waals surface area contributed by atoms with Gasteiger partial charge in [-0.3, -0.25) is 4.79 Å². The Morgan fingerprint density at radius 3 is 2.43 bits per heavy atom. The molecule has 0 aliphatic heterocycles. The van der Waals surface area contributed by atoms with Gasteiger partial charge in [-0.05, 0) is 28.8 Å².